The molecule has 0 saturated carbocycles. The van der Waals surface area contributed by atoms with Gasteiger partial charge in [0.15, 0.2) is 0 Å². The molecule has 1 fully saturated rings. The molecule has 3 nitrogen and oxygen atoms in total. The lowest BCUT2D eigenvalue weighted by atomic mass is 9.85. The number of amides is 1. The molecule has 0 radical (unpaired) electrons. The van der Waals surface area contributed by atoms with Crippen molar-refractivity contribution in [1.82, 2.24) is 4.90 Å². The second-order valence-corrected chi connectivity index (χ2v) is 5.10. The number of benzene rings is 1. The Morgan fingerprint density at radius 1 is 1.37 bits per heavy atom. The van der Waals surface area contributed by atoms with Crippen LogP contribution in [-0.2, 0) is 21.7 Å². The summed E-state index contributed by atoms with van der Waals surface area (Å²) in [6.45, 7) is 1.11. The van der Waals surface area contributed by atoms with E-state index in [9.17, 15) is 13.6 Å². The fourth-order valence-corrected chi connectivity index (χ4v) is 3.07. The van der Waals surface area contributed by atoms with Crippen molar-refractivity contribution in [2.45, 2.75) is 31.5 Å². The van der Waals surface area contributed by atoms with E-state index >= 15 is 0 Å². The Hall–Kier alpha value is -1.49. The maximum Gasteiger partial charge on any atom is 0.315 e. The highest BCUT2D eigenvalue weighted by molar-refractivity contribution is 5.79. The Balaban J connectivity index is 1.88. The number of carbonyl (C=O) groups is 1. The predicted molar refractivity (Wildman–Crippen MR) is 64.7 cm³/mol. The van der Waals surface area contributed by atoms with Gasteiger partial charge in [0.2, 0.25) is 0 Å². The Labute approximate surface area is 110 Å². The number of ether oxygens (including phenoxy) is 1. The van der Waals surface area contributed by atoms with Gasteiger partial charge in [0.05, 0.1) is 13.2 Å². The lowest BCUT2D eigenvalue weighted by molar-refractivity contribution is -0.153. The SMILES string of the molecule is O=C(C(F)F)N1CCC[C@@]2(C1)OCc1ccccc12. The predicted octanol–water partition coefficient (Wildman–Crippen LogP) is 2.30. The van der Waals surface area contributed by atoms with E-state index in [0.29, 0.717) is 19.6 Å². The van der Waals surface area contributed by atoms with Crippen LogP contribution >= 0.6 is 0 Å². The van der Waals surface area contributed by atoms with Gasteiger partial charge in [0, 0.05) is 6.54 Å². The average molecular weight is 267 g/mol. The molecule has 0 aromatic heterocycles. The Bertz CT molecular complexity index is 502. The van der Waals surface area contributed by atoms with Crippen molar-refractivity contribution < 1.29 is 18.3 Å². The third-order valence-electron chi connectivity index (χ3n) is 3.97. The summed E-state index contributed by atoms with van der Waals surface area (Å²) in [5.41, 5.74) is 1.55. The molecule has 1 spiro atoms. The van der Waals surface area contributed by atoms with Crippen LogP contribution in [-0.4, -0.2) is 30.3 Å². The topological polar surface area (TPSA) is 29.5 Å². The quantitative estimate of drug-likeness (QED) is 0.781. The van der Waals surface area contributed by atoms with Crippen LogP contribution in [0, 0.1) is 0 Å². The van der Waals surface area contributed by atoms with Gasteiger partial charge in [-0.2, -0.15) is 8.78 Å². The van der Waals surface area contributed by atoms with Crippen LogP contribution in [0.1, 0.15) is 24.0 Å². The van der Waals surface area contributed by atoms with Crippen molar-refractivity contribution in [1.29, 1.82) is 0 Å². The molecule has 2 aliphatic heterocycles. The van der Waals surface area contributed by atoms with E-state index in [0.717, 1.165) is 17.5 Å². The number of piperidine rings is 1. The van der Waals surface area contributed by atoms with E-state index in [1.165, 1.54) is 4.90 Å². The molecule has 3 rings (SSSR count). The Morgan fingerprint density at radius 3 is 2.95 bits per heavy atom. The van der Waals surface area contributed by atoms with Crippen LogP contribution in [0.15, 0.2) is 24.3 Å². The molecule has 1 atom stereocenters. The van der Waals surface area contributed by atoms with Crippen molar-refractivity contribution in [3.8, 4) is 0 Å². The van der Waals surface area contributed by atoms with Crippen LogP contribution < -0.4 is 0 Å². The first-order valence-corrected chi connectivity index (χ1v) is 6.42. The number of hydrogen-bond donors (Lipinski definition) is 0. The fraction of sp³-hybridized carbons (Fsp3) is 0.500. The van der Waals surface area contributed by atoms with Gasteiger partial charge in [-0.25, -0.2) is 0 Å². The number of carbonyl (C=O) groups excluding carboxylic acids is 1. The van der Waals surface area contributed by atoms with Crippen LogP contribution in [0.4, 0.5) is 8.78 Å². The van der Waals surface area contributed by atoms with Gasteiger partial charge in [-0.3, -0.25) is 4.79 Å². The zero-order chi connectivity index (χ0) is 13.5. The maximum atomic E-state index is 12.6. The van der Waals surface area contributed by atoms with Crippen LogP contribution in [0.25, 0.3) is 0 Å². The molecule has 1 amide bonds. The molecular formula is C14H15F2NO2. The zero-order valence-corrected chi connectivity index (χ0v) is 10.4. The van der Waals surface area contributed by atoms with E-state index in [-0.39, 0.29) is 6.54 Å². The van der Waals surface area contributed by atoms with Gasteiger partial charge < -0.3 is 9.64 Å². The second kappa shape index (κ2) is 4.56. The standard InChI is InChI=1S/C14H15F2NO2/c15-12(16)13(18)17-7-3-6-14(9-17)11-5-2-1-4-10(11)8-19-14/h1-2,4-5,12H,3,6-9H2/t14-/m0/s1. The van der Waals surface area contributed by atoms with E-state index in [1.54, 1.807) is 0 Å². The van der Waals surface area contributed by atoms with E-state index in [1.807, 2.05) is 24.3 Å². The summed E-state index contributed by atoms with van der Waals surface area (Å²) in [6.07, 6.45) is -1.48. The minimum Gasteiger partial charge on any atom is -0.364 e. The highest BCUT2D eigenvalue weighted by atomic mass is 19.3. The summed E-state index contributed by atoms with van der Waals surface area (Å²) in [6, 6.07) is 7.81. The summed E-state index contributed by atoms with van der Waals surface area (Å²) in [4.78, 5) is 12.7. The van der Waals surface area contributed by atoms with E-state index in [4.69, 9.17) is 4.74 Å². The first-order valence-electron chi connectivity index (χ1n) is 6.42. The molecule has 19 heavy (non-hydrogen) atoms. The highest BCUT2D eigenvalue weighted by Gasteiger charge is 2.45. The minimum absolute atomic E-state index is 0.229. The molecule has 1 aromatic carbocycles. The molecular weight excluding hydrogens is 252 g/mol. The van der Waals surface area contributed by atoms with E-state index < -0.39 is 17.9 Å². The fourth-order valence-electron chi connectivity index (χ4n) is 3.07. The molecule has 1 aromatic rings. The maximum absolute atomic E-state index is 12.6. The summed E-state index contributed by atoms with van der Waals surface area (Å²) >= 11 is 0. The number of fused-ring (bicyclic) bond motifs is 2. The number of halogens is 2. The molecule has 0 aliphatic carbocycles. The van der Waals surface area contributed by atoms with E-state index in [2.05, 4.69) is 0 Å². The normalized spacial score (nSPS) is 25.9. The largest absolute Gasteiger partial charge is 0.364 e. The van der Waals surface area contributed by atoms with Gasteiger partial charge >= 0.3 is 6.43 Å². The summed E-state index contributed by atoms with van der Waals surface area (Å²) in [5, 5.41) is 0. The lowest BCUT2D eigenvalue weighted by Crippen LogP contribution is -2.50. The minimum atomic E-state index is -2.94. The molecule has 102 valence electrons. The van der Waals surface area contributed by atoms with Crippen molar-refractivity contribution >= 4 is 5.91 Å². The van der Waals surface area contributed by atoms with Gasteiger partial charge in [0.1, 0.15) is 5.60 Å². The van der Waals surface area contributed by atoms with Crippen LogP contribution in [0.2, 0.25) is 0 Å². The monoisotopic (exact) mass is 267 g/mol. The highest BCUT2D eigenvalue weighted by Crippen LogP contribution is 2.42. The molecule has 0 bridgehead atoms. The Kier molecular flexibility index (Phi) is 3.01. The second-order valence-electron chi connectivity index (χ2n) is 5.10. The number of hydrogen-bond acceptors (Lipinski definition) is 2. The summed E-state index contributed by atoms with van der Waals surface area (Å²) in [7, 11) is 0. The first-order chi connectivity index (χ1) is 9.12. The van der Waals surface area contributed by atoms with Gasteiger partial charge in [-0.1, -0.05) is 24.3 Å². The number of nitrogens with zero attached hydrogens (tertiary/aromatic N) is 1. The number of likely N-dealkylation sites (tertiary alicyclic amines) is 1. The molecule has 1 saturated heterocycles. The third-order valence-corrected chi connectivity index (χ3v) is 3.97. The van der Waals surface area contributed by atoms with Gasteiger partial charge in [-0.15, -0.1) is 0 Å². The summed E-state index contributed by atoms with van der Waals surface area (Å²) < 4.78 is 31.0. The summed E-state index contributed by atoms with van der Waals surface area (Å²) in [5.74, 6) is -1.09. The van der Waals surface area contributed by atoms with Crippen molar-refractivity contribution in [2.75, 3.05) is 13.1 Å². The van der Waals surface area contributed by atoms with Crippen molar-refractivity contribution in [2.24, 2.45) is 0 Å². The average Bonchev–Trinajstić information content (AvgIpc) is 2.77. The molecule has 5 heteroatoms. The van der Waals surface area contributed by atoms with Gasteiger partial charge in [0.25, 0.3) is 5.91 Å². The smallest absolute Gasteiger partial charge is 0.315 e. The third kappa shape index (κ3) is 2.02. The first kappa shape index (κ1) is 12.5. The molecule has 0 unspecified atom stereocenters. The molecule has 2 aliphatic rings. The van der Waals surface area contributed by atoms with Crippen LogP contribution in [0.3, 0.4) is 0 Å². The number of rotatable bonds is 1. The number of alkyl halides is 2. The van der Waals surface area contributed by atoms with Crippen LogP contribution in [0.5, 0.6) is 0 Å². The Morgan fingerprint density at radius 2 is 2.16 bits per heavy atom. The van der Waals surface area contributed by atoms with Gasteiger partial charge in [-0.05, 0) is 24.0 Å². The molecule has 2 heterocycles. The van der Waals surface area contributed by atoms with Crippen molar-refractivity contribution in [3.63, 3.8) is 0 Å². The zero-order valence-electron chi connectivity index (χ0n) is 10.4. The lowest BCUT2D eigenvalue weighted by Gasteiger charge is -2.40. The van der Waals surface area contributed by atoms with Crippen molar-refractivity contribution in [3.05, 3.63) is 35.4 Å². The molecule has 0 N–H and O–H groups in total.